The molecule has 1 aromatic carbocycles. The van der Waals surface area contributed by atoms with E-state index in [-0.39, 0.29) is 17.9 Å². The van der Waals surface area contributed by atoms with Crippen molar-refractivity contribution < 1.29 is 9.90 Å². The Morgan fingerprint density at radius 2 is 2.11 bits per heavy atom. The molecule has 1 saturated heterocycles. The Balaban J connectivity index is 1.78. The smallest absolute Gasteiger partial charge is 0.254 e. The van der Waals surface area contributed by atoms with Gasteiger partial charge in [-0.05, 0) is 37.0 Å². The molecule has 3 rings (SSSR count). The maximum atomic E-state index is 12.4. The van der Waals surface area contributed by atoms with Gasteiger partial charge in [0, 0.05) is 35.3 Å². The summed E-state index contributed by atoms with van der Waals surface area (Å²) in [6.07, 6.45) is 1.61. The van der Waals surface area contributed by atoms with Gasteiger partial charge in [-0.15, -0.1) is 0 Å². The van der Waals surface area contributed by atoms with Gasteiger partial charge < -0.3 is 15.7 Å². The van der Waals surface area contributed by atoms with E-state index < -0.39 is 0 Å². The number of nitrogens with two attached hydrogens (primary N) is 1. The summed E-state index contributed by atoms with van der Waals surface area (Å²) < 4.78 is 0. The second kappa shape index (κ2) is 4.69. The average molecular weight is 281 g/mol. The zero-order valence-corrected chi connectivity index (χ0v) is 11.3. The number of hydrogen-bond acceptors (Lipinski definition) is 3. The fourth-order valence-corrected chi connectivity index (χ4v) is 3.56. The molecule has 102 valence electrons. The standard InChI is InChI=1S/C14H17ClN2O2/c15-10-3-9(4-11(16)5-10)14(19)17-6-8-1-2-13(18)12(8)7-17/h3-5,8,12-13,18H,1-2,6-7,16H2. The first-order chi connectivity index (χ1) is 9.04. The van der Waals surface area contributed by atoms with Crippen LogP contribution in [0.15, 0.2) is 18.2 Å². The molecule has 3 unspecified atom stereocenters. The van der Waals surface area contributed by atoms with Crippen LogP contribution in [0.2, 0.25) is 5.02 Å². The second-order valence-corrected chi connectivity index (χ2v) is 5.99. The number of nitrogen functional groups attached to an aromatic ring is 1. The Morgan fingerprint density at radius 3 is 2.79 bits per heavy atom. The normalized spacial score (nSPS) is 29.6. The highest BCUT2D eigenvalue weighted by Crippen LogP contribution is 2.38. The van der Waals surface area contributed by atoms with Crippen LogP contribution in [0.25, 0.3) is 0 Å². The largest absolute Gasteiger partial charge is 0.399 e. The van der Waals surface area contributed by atoms with Gasteiger partial charge in [-0.2, -0.15) is 0 Å². The molecule has 1 heterocycles. The first-order valence-corrected chi connectivity index (χ1v) is 6.96. The summed E-state index contributed by atoms with van der Waals surface area (Å²) in [4.78, 5) is 14.2. The van der Waals surface area contributed by atoms with Gasteiger partial charge in [-0.3, -0.25) is 4.79 Å². The van der Waals surface area contributed by atoms with Crippen molar-refractivity contribution in [3.8, 4) is 0 Å². The summed E-state index contributed by atoms with van der Waals surface area (Å²) in [5.74, 6) is 0.631. The number of nitrogens with zero attached hydrogens (tertiary/aromatic N) is 1. The van der Waals surface area contributed by atoms with Crippen molar-refractivity contribution in [2.24, 2.45) is 11.8 Å². The molecule has 1 amide bonds. The number of halogens is 1. The third-order valence-corrected chi connectivity index (χ3v) is 4.49. The van der Waals surface area contributed by atoms with Gasteiger partial charge in [0.05, 0.1) is 6.10 Å². The molecule has 1 saturated carbocycles. The summed E-state index contributed by atoms with van der Waals surface area (Å²) in [5.41, 5.74) is 6.74. The SMILES string of the molecule is Nc1cc(Cl)cc(C(=O)N2CC3CCC(O)C3C2)c1. The third kappa shape index (κ3) is 2.30. The van der Waals surface area contributed by atoms with Crippen LogP contribution in [-0.2, 0) is 0 Å². The lowest BCUT2D eigenvalue weighted by atomic mass is 10.00. The first kappa shape index (κ1) is 12.8. The zero-order valence-electron chi connectivity index (χ0n) is 10.6. The molecule has 4 nitrogen and oxygen atoms in total. The summed E-state index contributed by atoms with van der Waals surface area (Å²) in [7, 11) is 0. The number of benzene rings is 1. The number of carbonyl (C=O) groups is 1. The number of hydrogen-bond donors (Lipinski definition) is 2. The van der Waals surface area contributed by atoms with Gasteiger partial charge in [0.2, 0.25) is 0 Å². The highest BCUT2D eigenvalue weighted by Gasteiger charge is 2.43. The van der Waals surface area contributed by atoms with Crippen molar-refractivity contribution in [1.82, 2.24) is 4.90 Å². The quantitative estimate of drug-likeness (QED) is 0.771. The van der Waals surface area contributed by atoms with E-state index in [9.17, 15) is 9.90 Å². The minimum Gasteiger partial charge on any atom is -0.399 e. The molecule has 0 spiro atoms. The van der Waals surface area contributed by atoms with E-state index in [1.54, 1.807) is 18.2 Å². The van der Waals surface area contributed by atoms with Crippen LogP contribution in [0.4, 0.5) is 5.69 Å². The van der Waals surface area contributed by atoms with Crippen molar-refractivity contribution in [3.63, 3.8) is 0 Å². The van der Waals surface area contributed by atoms with Gasteiger partial charge in [0.1, 0.15) is 0 Å². The zero-order chi connectivity index (χ0) is 13.6. The van der Waals surface area contributed by atoms with Crippen molar-refractivity contribution in [3.05, 3.63) is 28.8 Å². The number of likely N-dealkylation sites (tertiary alicyclic amines) is 1. The molecular weight excluding hydrogens is 264 g/mol. The molecule has 2 fully saturated rings. The average Bonchev–Trinajstić information content (AvgIpc) is 2.90. The van der Waals surface area contributed by atoms with E-state index in [0.29, 0.717) is 28.7 Å². The van der Waals surface area contributed by atoms with E-state index in [0.717, 1.165) is 19.4 Å². The summed E-state index contributed by atoms with van der Waals surface area (Å²) in [6, 6.07) is 4.92. The molecule has 0 radical (unpaired) electrons. The van der Waals surface area contributed by atoms with Crippen LogP contribution in [0.1, 0.15) is 23.2 Å². The number of carbonyl (C=O) groups excluding carboxylic acids is 1. The molecule has 2 aliphatic rings. The van der Waals surface area contributed by atoms with Crippen LogP contribution in [-0.4, -0.2) is 35.1 Å². The Labute approximate surface area is 117 Å². The summed E-state index contributed by atoms with van der Waals surface area (Å²) in [6.45, 7) is 1.37. The highest BCUT2D eigenvalue weighted by atomic mass is 35.5. The number of aliphatic hydroxyl groups is 1. The maximum Gasteiger partial charge on any atom is 0.254 e. The third-order valence-electron chi connectivity index (χ3n) is 4.27. The maximum absolute atomic E-state index is 12.4. The monoisotopic (exact) mass is 280 g/mol. The second-order valence-electron chi connectivity index (χ2n) is 5.55. The number of amides is 1. The number of fused-ring (bicyclic) bond motifs is 1. The molecule has 5 heteroatoms. The van der Waals surface area contributed by atoms with Crippen LogP contribution in [0.5, 0.6) is 0 Å². The topological polar surface area (TPSA) is 66.6 Å². The Morgan fingerprint density at radius 1 is 1.32 bits per heavy atom. The molecule has 1 aliphatic heterocycles. The molecule has 3 N–H and O–H groups in total. The van der Waals surface area contributed by atoms with Gasteiger partial charge >= 0.3 is 0 Å². The fraction of sp³-hybridized carbons (Fsp3) is 0.500. The fourth-order valence-electron chi connectivity index (χ4n) is 3.32. The number of rotatable bonds is 1. The minimum absolute atomic E-state index is 0.0456. The van der Waals surface area contributed by atoms with E-state index in [4.69, 9.17) is 17.3 Å². The van der Waals surface area contributed by atoms with Crippen molar-refractivity contribution in [2.45, 2.75) is 18.9 Å². The van der Waals surface area contributed by atoms with E-state index in [1.165, 1.54) is 0 Å². The first-order valence-electron chi connectivity index (χ1n) is 6.58. The predicted molar refractivity (Wildman–Crippen MR) is 74.0 cm³/mol. The highest BCUT2D eigenvalue weighted by molar-refractivity contribution is 6.31. The van der Waals surface area contributed by atoms with Crippen LogP contribution in [0.3, 0.4) is 0 Å². The van der Waals surface area contributed by atoms with Crippen molar-refractivity contribution in [1.29, 1.82) is 0 Å². The predicted octanol–water partition coefficient (Wildman–Crippen LogP) is 1.77. The van der Waals surface area contributed by atoms with E-state index in [2.05, 4.69) is 0 Å². The van der Waals surface area contributed by atoms with E-state index in [1.807, 2.05) is 4.90 Å². The Bertz CT molecular complexity index is 500. The molecule has 1 aromatic rings. The van der Waals surface area contributed by atoms with Gasteiger partial charge in [-0.1, -0.05) is 11.6 Å². The summed E-state index contributed by atoms with van der Waals surface area (Å²) in [5, 5.41) is 10.4. The molecule has 0 bridgehead atoms. The minimum atomic E-state index is -0.257. The van der Waals surface area contributed by atoms with Gasteiger partial charge in [0.15, 0.2) is 0 Å². The number of aliphatic hydroxyl groups excluding tert-OH is 1. The van der Waals surface area contributed by atoms with Crippen molar-refractivity contribution in [2.75, 3.05) is 18.8 Å². The molecule has 19 heavy (non-hydrogen) atoms. The molecule has 3 atom stereocenters. The molecule has 1 aliphatic carbocycles. The Hall–Kier alpha value is -1.26. The Kier molecular flexibility index (Phi) is 3.15. The van der Waals surface area contributed by atoms with Crippen molar-refractivity contribution >= 4 is 23.2 Å². The van der Waals surface area contributed by atoms with Gasteiger partial charge in [-0.25, -0.2) is 0 Å². The van der Waals surface area contributed by atoms with Gasteiger partial charge in [0.25, 0.3) is 5.91 Å². The molecular formula is C14H17ClN2O2. The van der Waals surface area contributed by atoms with Crippen LogP contribution < -0.4 is 5.73 Å². The van der Waals surface area contributed by atoms with Crippen LogP contribution >= 0.6 is 11.6 Å². The lowest BCUT2D eigenvalue weighted by Gasteiger charge is -2.18. The van der Waals surface area contributed by atoms with E-state index >= 15 is 0 Å². The van der Waals surface area contributed by atoms with Crippen LogP contribution in [0, 0.1) is 11.8 Å². The molecule has 0 aromatic heterocycles. The summed E-state index contributed by atoms with van der Waals surface area (Å²) >= 11 is 5.93. The lowest BCUT2D eigenvalue weighted by molar-refractivity contribution is 0.0752. The number of anilines is 1. The lowest BCUT2D eigenvalue weighted by Crippen LogP contribution is -2.31.